The van der Waals surface area contributed by atoms with Crippen LogP contribution in [0.3, 0.4) is 0 Å². The molecular weight excluding hydrogens is 422 g/mol. The third-order valence-electron chi connectivity index (χ3n) is 4.66. The summed E-state index contributed by atoms with van der Waals surface area (Å²) in [5, 5.41) is 3.32. The number of carbonyl (C=O) groups is 2. The van der Waals surface area contributed by atoms with E-state index in [1.54, 1.807) is 23.7 Å². The molecule has 1 aromatic carbocycles. The molecule has 1 N–H and O–H groups in total. The maximum absolute atomic E-state index is 12.2. The maximum Gasteiger partial charge on any atom is 0.263 e. The van der Waals surface area contributed by atoms with Crippen molar-refractivity contribution in [3.05, 3.63) is 28.0 Å². The number of nitrogens with zero attached hydrogens (tertiary/aromatic N) is 2. The Hall–Kier alpha value is -1.71. The summed E-state index contributed by atoms with van der Waals surface area (Å²) in [6.07, 6.45) is 4.94. The molecule has 1 heterocycles. The Labute approximate surface area is 172 Å². The highest BCUT2D eigenvalue weighted by Crippen LogP contribution is 2.21. The molecule has 0 spiro atoms. The monoisotopic (exact) mass is 443 g/mol. The van der Waals surface area contributed by atoms with E-state index in [1.807, 2.05) is 6.07 Å². The van der Waals surface area contributed by atoms with Crippen molar-refractivity contribution < 1.29 is 18.0 Å². The number of aromatic nitrogens is 1. The molecule has 0 radical (unpaired) electrons. The SMILES string of the molecule is Cn1c(=NC(=O)CS(=O)(=O)CC(=O)NC2CCCCC2)sc2cc(Cl)ccc21. The number of thiazole rings is 1. The van der Waals surface area contributed by atoms with Crippen molar-refractivity contribution in [1.82, 2.24) is 9.88 Å². The van der Waals surface area contributed by atoms with Crippen LogP contribution in [0.2, 0.25) is 5.02 Å². The van der Waals surface area contributed by atoms with Crippen molar-refractivity contribution in [2.45, 2.75) is 38.1 Å². The molecule has 7 nitrogen and oxygen atoms in total. The smallest absolute Gasteiger partial charge is 0.263 e. The van der Waals surface area contributed by atoms with Crippen LogP contribution in [-0.2, 0) is 26.5 Å². The average Bonchev–Trinajstić information content (AvgIpc) is 2.89. The van der Waals surface area contributed by atoms with Crippen LogP contribution < -0.4 is 10.1 Å². The summed E-state index contributed by atoms with van der Waals surface area (Å²) in [6, 6.07) is 5.33. The van der Waals surface area contributed by atoms with E-state index in [-0.39, 0.29) is 6.04 Å². The Morgan fingerprint density at radius 3 is 2.68 bits per heavy atom. The fourth-order valence-electron chi connectivity index (χ4n) is 3.31. The molecule has 2 amide bonds. The first-order chi connectivity index (χ1) is 13.2. The van der Waals surface area contributed by atoms with Gasteiger partial charge in [-0.25, -0.2) is 8.42 Å². The quantitative estimate of drug-likeness (QED) is 0.765. The zero-order valence-electron chi connectivity index (χ0n) is 15.5. The second-order valence-electron chi connectivity index (χ2n) is 7.00. The molecule has 0 unspecified atom stereocenters. The number of nitrogens with one attached hydrogen (secondary N) is 1. The van der Waals surface area contributed by atoms with Gasteiger partial charge in [0.2, 0.25) is 5.91 Å². The number of fused-ring (bicyclic) bond motifs is 1. The average molecular weight is 444 g/mol. The molecule has 0 aliphatic heterocycles. The van der Waals surface area contributed by atoms with Crippen LogP contribution in [0.25, 0.3) is 10.2 Å². The Morgan fingerprint density at radius 1 is 1.25 bits per heavy atom. The van der Waals surface area contributed by atoms with E-state index in [9.17, 15) is 18.0 Å². The largest absolute Gasteiger partial charge is 0.352 e. The Balaban J connectivity index is 1.67. The molecule has 1 saturated carbocycles. The fraction of sp³-hybridized carbons (Fsp3) is 0.500. The highest BCUT2D eigenvalue weighted by Gasteiger charge is 2.23. The van der Waals surface area contributed by atoms with Gasteiger partial charge in [0.1, 0.15) is 11.5 Å². The standard InChI is InChI=1S/C18H22ClN3O4S2/c1-22-14-8-7-12(19)9-15(14)27-18(22)21-17(24)11-28(25,26)10-16(23)20-13-5-3-2-4-6-13/h7-9,13H,2-6,10-11H2,1H3,(H,20,23). The van der Waals surface area contributed by atoms with E-state index < -0.39 is 33.2 Å². The zero-order chi connectivity index (χ0) is 20.3. The van der Waals surface area contributed by atoms with Crippen molar-refractivity contribution >= 4 is 54.8 Å². The van der Waals surface area contributed by atoms with Crippen molar-refractivity contribution in [1.29, 1.82) is 0 Å². The Kier molecular flexibility index (Phi) is 6.57. The molecule has 0 atom stereocenters. The van der Waals surface area contributed by atoms with Crippen LogP contribution in [-0.4, -0.2) is 42.3 Å². The molecular formula is C18H22ClN3O4S2. The van der Waals surface area contributed by atoms with E-state index in [0.29, 0.717) is 9.82 Å². The number of aryl methyl sites for hydroxylation is 1. The highest BCUT2D eigenvalue weighted by atomic mass is 35.5. The molecule has 1 aliphatic carbocycles. The molecule has 10 heteroatoms. The maximum atomic E-state index is 12.2. The summed E-state index contributed by atoms with van der Waals surface area (Å²) >= 11 is 7.22. The zero-order valence-corrected chi connectivity index (χ0v) is 17.9. The third-order valence-corrected chi connectivity index (χ3v) is 7.37. The molecule has 3 rings (SSSR count). The second-order valence-corrected chi connectivity index (χ2v) is 10.5. The van der Waals surface area contributed by atoms with Gasteiger partial charge in [0.15, 0.2) is 14.6 Å². The lowest BCUT2D eigenvalue weighted by Crippen LogP contribution is -2.40. The number of hydrogen-bond donors (Lipinski definition) is 1. The summed E-state index contributed by atoms with van der Waals surface area (Å²) in [5.74, 6) is -2.83. The Bertz CT molecular complexity index is 1070. The van der Waals surface area contributed by atoms with E-state index in [1.165, 1.54) is 11.3 Å². The van der Waals surface area contributed by atoms with Gasteiger partial charge < -0.3 is 9.88 Å². The van der Waals surface area contributed by atoms with Gasteiger partial charge in [0, 0.05) is 18.1 Å². The number of amides is 2. The van der Waals surface area contributed by atoms with Gasteiger partial charge in [-0.2, -0.15) is 4.99 Å². The van der Waals surface area contributed by atoms with E-state index in [4.69, 9.17) is 11.6 Å². The second kappa shape index (κ2) is 8.75. The van der Waals surface area contributed by atoms with Crippen molar-refractivity contribution in [2.24, 2.45) is 12.0 Å². The molecule has 0 saturated heterocycles. The van der Waals surface area contributed by atoms with Crippen LogP contribution in [0.15, 0.2) is 23.2 Å². The van der Waals surface area contributed by atoms with E-state index in [2.05, 4.69) is 10.3 Å². The minimum absolute atomic E-state index is 0.0289. The van der Waals surface area contributed by atoms with E-state index >= 15 is 0 Å². The molecule has 0 bridgehead atoms. The summed E-state index contributed by atoms with van der Waals surface area (Å²) in [6.45, 7) is 0. The van der Waals surface area contributed by atoms with Crippen LogP contribution in [0.1, 0.15) is 32.1 Å². The van der Waals surface area contributed by atoms with Gasteiger partial charge in [0.05, 0.1) is 10.2 Å². The minimum atomic E-state index is -3.88. The van der Waals surface area contributed by atoms with Crippen LogP contribution in [0, 0.1) is 0 Å². The fourth-order valence-corrected chi connectivity index (χ4v) is 5.65. The molecule has 1 fully saturated rings. The lowest BCUT2D eigenvalue weighted by Gasteiger charge is -2.22. The minimum Gasteiger partial charge on any atom is -0.352 e. The number of hydrogen-bond acceptors (Lipinski definition) is 5. The van der Waals surface area contributed by atoms with Gasteiger partial charge >= 0.3 is 0 Å². The van der Waals surface area contributed by atoms with Crippen LogP contribution in [0.4, 0.5) is 0 Å². The molecule has 152 valence electrons. The first kappa shape index (κ1) is 21.0. The number of rotatable bonds is 5. The highest BCUT2D eigenvalue weighted by molar-refractivity contribution is 7.92. The van der Waals surface area contributed by atoms with Gasteiger partial charge in [-0.3, -0.25) is 9.59 Å². The summed E-state index contributed by atoms with van der Waals surface area (Å²) in [4.78, 5) is 28.5. The lowest BCUT2D eigenvalue weighted by atomic mass is 9.95. The molecule has 1 aliphatic rings. The topological polar surface area (TPSA) is 97.6 Å². The first-order valence-corrected chi connectivity index (χ1v) is 12.1. The summed E-state index contributed by atoms with van der Waals surface area (Å²) in [7, 11) is -2.14. The van der Waals surface area contributed by atoms with Gasteiger partial charge in [-0.15, -0.1) is 0 Å². The van der Waals surface area contributed by atoms with Crippen LogP contribution in [0.5, 0.6) is 0 Å². The predicted octanol–water partition coefficient (Wildman–Crippen LogP) is 2.18. The molecule has 2 aromatic rings. The van der Waals surface area contributed by atoms with Crippen LogP contribution >= 0.6 is 22.9 Å². The lowest BCUT2D eigenvalue weighted by molar-refractivity contribution is -0.119. The van der Waals surface area contributed by atoms with Gasteiger partial charge in [0.25, 0.3) is 5.91 Å². The summed E-state index contributed by atoms with van der Waals surface area (Å²) in [5.41, 5.74) is 0.843. The number of benzene rings is 1. The Morgan fingerprint density at radius 2 is 1.96 bits per heavy atom. The van der Waals surface area contributed by atoms with Gasteiger partial charge in [-0.05, 0) is 31.0 Å². The van der Waals surface area contributed by atoms with Crippen molar-refractivity contribution in [2.75, 3.05) is 11.5 Å². The predicted molar refractivity (Wildman–Crippen MR) is 110 cm³/mol. The molecule has 28 heavy (non-hydrogen) atoms. The van der Waals surface area contributed by atoms with Crippen molar-refractivity contribution in [3.63, 3.8) is 0 Å². The van der Waals surface area contributed by atoms with E-state index in [0.717, 1.165) is 42.3 Å². The molecule has 1 aromatic heterocycles. The normalized spacial score (nSPS) is 16.4. The third kappa shape index (κ3) is 5.42. The number of carbonyl (C=O) groups excluding carboxylic acids is 2. The van der Waals surface area contributed by atoms with Gasteiger partial charge in [-0.1, -0.05) is 42.2 Å². The summed E-state index contributed by atoms with van der Waals surface area (Å²) < 4.78 is 27.0. The number of sulfone groups is 1. The first-order valence-electron chi connectivity index (χ1n) is 9.06. The number of halogens is 1. The van der Waals surface area contributed by atoms with Crippen molar-refractivity contribution in [3.8, 4) is 0 Å².